The standard InChI is InChI=1S/C15H20ClF3N2/c1-20-7-5-12(6-8-20)21(2)13-4-3-11(10-16)14(9-13)15(17,18)19/h3-4,9,12H,5-8,10H2,1-2H3. The highest BCUT2D eigenvalue weighted by molar-refractivity contribution is 6.17. The summed E-state index contributed by atoms with van der Waals surface area (Å²) in [5.41, 5.74) is 0.102. The quantitative estimate of drug-likeness (QED) is 0.777. The maximum atomic E-state index is 13.1. The number of halogens is 4. The molecule has 0 atom stereocenters. The average molecular weight is 321 g/mol. The third kappa shape index (κ3) is 3.83. The first-order valence-corrected chi connectivity index (χ1v) is 7.54. The van der Waals surface area contributed by atoms with Crippen molar-refractivity contribution in [1.29, 1.82) is 0 Å². The molecular weight excluding hydrogens is 301 g/mol. The molecule has 0 aromatic heterocycles. The lowest BCUT2D eigenvalue weighted by atomic mass is 10.0. The number of piperidine rings is 1. The summed E-state index contributed by atoms with van der Waals surface area (Å²) in [6.07, 6.45) is -2.44. The van der Waals surface area contributed by atoms with Crippen LogP contribution in [0.2, 0.25) is 0 Å². The molecule has 1 aromatic rings. The summed E-state index contributed by atoms with van der Waals surface area (Å²) < 4.78 is 39.3. The molecule has 1 fully saturated rings. The molecule has 0 N–H and O–H groups in total. The fourth-order valence-electron chi connectivity index (χ4n) is 2.76. The largest absolute Gasteiger partial charge is 0.416 e. The van der Waals surface area contributed by atoms with E-state index in [4.69, 9.17) is 11.6 Å². The van der Waals surface area contributed by atoms with Gasteiger partial charge in [-0.25, -0.2) is 0 Å². The summed E-state index contributed by atoms with van der Waals surface area (Å²) in [6, 6.07) is 4.71. The van der Waals surface area contributed by atoms with Gasteiger partial charge in [0, 0.05) is 24.7 Å². The third-order valence-corrected chi connectivity index (χ3v) is 4.47. The lowest BCUT2D eigenvalue weighted by Gasteiger charge is -2.36. The van der Waals surface area contributed by atoms with Crippen molar-refractivity contribution in [2.45, 2.75) is 30.9 Å². The number of hydrogen-bond acceptors (Lipinski definition) is 2. The second kappa shape index (κ2) is 6.44. The van der Waals surface area contributed by atoms with Crippen molar-refractivity contribution in [2.24, 2.45) is 0 Å². The minimum atomic E-state index is -4.37. The molecule has 0 aliphatic carbocycles. The van der Waals surface area contributed by atoms with E-state index in [1.54, 1.807) is 6.07 Å². The number of likely N-dealkylation sites (tertiary alicyclic amines) is 1. The van der Waals surface area contributed by atoms with E-state index in [-0.39, 0.29) is 17.5 Å². The van der Waals surface area contributed by atoms with Gasteiger partial charge < -0.3 is 9.80 Å². The SMILES string of the molecule is CN1CCC(N(C)c2ccc(CCl)c(C(F)(F)F)c2)CC1. The Morgan fingerprint density at radius 1 is 1.29 bits per heavy atom. The van der Waals surface area contributed by atoms with Crippen molar-refractivity contribution in [1.82, 2.24) is 4.90 Å². The average Bonchev–Trinajstić information content (AvgIpc) is 2.45. The predicted octanol–water partition coefficient (Wildman–Crippen LogP) is 3.97. The Labute approximate surface area is 128 Å². The van der Waals surface area contributed by atoms with Crippen LogP contribution in [-0.2, 0) is 12.1 Å². The van der Waals surface area contributed by atoms with Crippen LogP contribution in [0.3, 0.4) is 0 Å². The first-order valence-electron chi connectivity index (χ1n) is 7.00. The molecule has 0 unspecified atom stereocenters. The molecule has 1 aliphatic heterocycles. The zero-order valence-corrected chi connectivity index (χ0v) is 13.0. The van der Waals surface area contributed by atoms with E-state index < -0.39 is 11.7 Å². The van der Waals surface area contributed by atoms with E-state index >= 15 is 0 Å². The fourth-order valence-corrected chi connectivity index (χ4v) is 2.99. The Hall–Kier alpha value is -0.940. The molecule has 0 spiro atoms. The summed E-state index contributed by atoms with van der Waals surface area (Å²) in [6.45, 7) is 1.95. The van der Waals surface area contributed by atoms with Crippen LogP contribution in [0.4, 0.5) is 18.9 Å². The van der Waals surface area contributed by atoms with Crippen LogP contribution in [0.1, 0.15) is 24.0 Å². The fraction of sp³-hybridized carbons (Fsp3) is 0.600. The topological polar surface area (TPSA) is 6.48 Å². The highest BCUT2D eigenvalue weighted by Crippen LogP contribution is 2.36. The van der Waals surface area contributed by atoms with Crippen LogP contribution in [0.5, 0.6) is 0 Å². The first kappa shape index (κ1) is 16.4. The molecule has 1 saturated heterocycles. The minimum Gasteiger partial charge on any atom is -0.372 e. The van der Waals surface area contributed by atoms with Crippen LogP contribution >= 0.6 is 11.6 Å². The summed E-state index contributed by atoms with van der Waals surface area (Å²) in [4.78, 5) is 4.20. The van der Waals surface area contributed by atoms with Crippen molar-refractivity contribution >= 4 is 17.3 Å². The van der Waals surface area contributed by atoms with Crippen molar-refractivity contribution in [3.8, 4) is 0 Å². The first-order chi connectivity index (χ1) is 9.82. The molecule has 1 aliphatic rings. The number of hydrogen-bond donors (Lipinski definition) is 0. The normalized spacial score (nSPS) is 18.0. The Kier molecular flexibility index (Phi) is 5.04. The van der Waals surface area contributed by atoms with Crippen molar-refractivity contribution in [3.05, 3.63) is 29.3 Å². The molecule has 2 nitrogen and oxygen atoms in total. The number of alkyl halides is 4. The molecule has 6 heteroatoms. The number of rotatable bonds is 3. The van der Waals surface area contributed by atoms with Crippen LogP contribution in [0.25, 0.3) is 0 Å². The third-order valence-electron chi connectivity index (χ3n) is 4.19. The zero-order valence-electron chi connectivity index (χ0n) is 12.3. The molecular formula is C15H20ClF3N2. The van der Waals surface area contributed by atoms with E-state index in [0.717, 1.165) is 25.9 Å². The van der Waals surface area contributed by atoms with Crippen LogP contribution < -0.4 is 4.90 Å². The van der Waals surface area contributed by atoms with Gasteiger partial charge in [-0.2, -0.15) is 13.2 Å². The van der Waals surface area contributed by atoms with E-state index in [1.807, 2.05) is 11.9 Å². The van der Waals surface area contributed by atoms with Gasteiger partial charge in [0.2, 0.25) is 0 Å². The van der Waals surface area contributed by atoms with Gasteiger partial charge in [-0.05, 0) is 50.7 Å². The molecule has 2 rings (SSSR count). The molecule has 0 radical (unpaired) electrons. The number of nitrogens with zero attached hydrogens (tertiary/aromatic N) is 2. The minimum absolute atomic E-state index is 0.129. The van der Waals surface area contributed by atoms with Crippen LogP contribution in [0, 0.1) is 0 Å². The smallest absolute Gasteiger partial charge is 0.372 e. The van der Waals surface area contributed by atoms with Crippen molar-refractivity contribution in [3.63, 3.8) is 0 Å². The van der Waals surface area contributed by atoms with Gasteiger partial charge in [0.15, 0.2) is 0 Å². The summed E-state index contributed by atoms with van der Waals surface area (Å²) >= 11 is 5.62. The van der Waals surface area contributed by atoms with Gasteiger partial charge in [0.25, 0.3) is 0 Å². The summed E-state index contributed by atoms with van der Waals surface area (Å²) in [5, 5.41) is 0. The van der Waals surface area contributed by atoms with Crippen molar-refractivity contribution in [2.75, 3.05) is 32.1 Å². The highest BCUT2D eigenvalue weighted by atomic mass is 35.5. The number of anilines is 1. The molecule has 1 heterocycles. The second-order valence-electron chi connectivity index (χ2n) is 5.62. The molecule has 1 aromatic carbocycles. The van der Waals surface area contributed by atoms with Gasteiger partial charge in [-0.1, -0.05) is 6.07 Å². The lowest BCUT2D eigenvalue weighted by Crippen LogP contribution is -2.42. The maximum Gasteiger partial charge on any atom is 0.416 e. The molecule has 0 amide bonds. The molecule has 0 saturated carbocycles. The van der Waals surface area contributed by atoms with Gasteiger partial charge in [-0.3, -0.25) is 0 Å². The Balaban J connectivity index is 2.23. The van der Waals surface area contributed by atoms with Crippen molar-refractivity contribution < 1.29 is 13.2 Å². The Morgan fingerprint density at radius 3 is 2.43 bits per heavy atom. The second-order valence-corrected chi connectivity index (χ2v) is 5.89. The monoisotopic (exact) mass is 320 g/mol. The predicted molar refractivity (Wildman–Crippen MR) is 79.9 cm³/mol. The van der Waals surface area contributed by atoms with Gasteiger partial charge in [-0.15, -0.1) is 11.6 Å². The van der Waals surface area contributed by atoms with Crippen LogP contribution in [0.15, 0.2) is 18.2 Å². The number of benzene rings is 1. The molecule has 118 valence electrons. The molecule has 21 heavy (non-hydrogen) atoms. The zero-order chi connectivity index (χ0) is 15.6. The van der Waals surface area contributed by atoms with Gasteiger partial charge in [0.1, 0.15) is 0 Å². The van der Waals surface area contributed by atoms with Crippen LogP contribution in [-0.4, -0.2) is 38.1 Å². The van der Waals surface area contributed by atoms with Gasteiger partial charge in [0.05, 0.1) is 5.56 Å². The van der Waals surface area contributed by atoms with Gasteiger partial charge >= 0.3 is 6.18 Å². The van der Waals surface area contributed by atoms with E-state index in [0.29, 0.717) is 5.69 Å². The Bertz CT molecular complexity index is 482. The van der Waals surface area contributed by atoms with E-state index in [1.165, 1.54) is 12.1 Å². The molecule has 0 bridgehead atoms. The highest BCUT2D eigenvalue weighted by Gasteiger charge is 2.34. The van der Waals surface area contributed by atoms with E-state index in [2.05, 4.69) is 11.9 Å². The van der Waals surface area contributed by atoms with E-state index in [9.17, 15) is 13.2 Å². The lowest BCUT2D eigenvalue weighted by molar-refractivity contribution is -0.138. The Morgan fingerprint density at radius 2 is 1.90 bits per heavy atom. The summed E-state index contributed by atoms with van der Waals surface area (Å²) in [5.74, 6) is -0.132. The maximum absolute atomic E-state index is 13.1. The summed E-state index contributed by atoms with van der Waals surface area (Å²) in [7, 11) is 3.93.